The van der Waals surface area contributed by atoms with Crippen LogP contribution in [0.15, 0.2) is 54.6 Å². The summed E-state index contributed by atoms with van der Waals surface area (Å²) in [5.41, 5.74) is 1.83. The summed E-state index contributed by atoms with van der Waals surface area (Å²) in [7, 11) is 0. The standard InChI is InChI=1S/C20H20FNO5/c1-12-3-7-15(8-4-12)22-20(26)27-19(13(2)5-10-18(24)25)14-6-9-17(23)16(21)11-14/h3-11,13,19,23H,1-2H3,(H,22,26)(H,24,25)/b10-5+/t13-,19-/m1/s1. The molecule has 142 valence electrons. The molecular weight excluding hydrogens is 353 g/mol. The second-order valence-electron chi connectivity index (χ2n) is 6.08. The summed E-state index contributed by atoms with van der Waals surface area (Å²) in [5, 5.41) is 20.7. The molecule has 0 aromatic heterocycles. The first-order valence-electron chi connectivity index (χ1n) is 8.20. The number of rotatable bonds is 6. The summed E-state index contributed by atoms with van der Waals surface area (Å²) in [4.78, 5) is 23.0. The molecule has 1 amide bonds. The molecule has 0 saturated heterocycles. The first-order chi connectivity index (χ1) is 12.8. The van der Waals surface area contributed by atoms with E-state index in [2.05, 4.69) is 5.32 Å². The lowest BCUT2D eigenvalue weighted by molar-refractivity contribution is -0.131. The topological polar surface area (TPSA) is 95.9 Å². The maximum absolute atomic E-state index is 13.7. The van der Waals surface area contributed by atoms with Gasteiger partial charge in [-0.1, -0.05) is 36.8 Å². The summed E-state index contributed by atoms with van der Waals surface area (Å²) < 4.78 is 19.1. The van der Waals surface area contributed by atoms with Gasteiger partial charge in [-0.3, -0.25) is 5.32 Å². The van der Waals surface area contributed by atoms with Gasteiger partial charge in [0.05, 0.1) is 0 Å². The number of amides is 1. The Kier molecular flexibility index (Phi) is 6.54. The third-order valence-electron chi connectivity index (χ3n) is 3.85. The maximum Gasteiger partial charge on any atom is 0.412 e. The Morgan fingerprint density at radius 2 is 1.85 bits per heavy atom. The average molecular weight is 373 g/mol. The molecule has 0 saturated carbocycles. The third-order valence-corrected chi connectivity index (χ3v) is 3.85. The van der Waals surface area contributed by atoms with Crippen LogP contribution >= 0.6 is 0 Å². The molecule has 2 atom stereocenters. The molecular formula is C20H20FNO5. The molecule has 2 aromatic carbocycles. The van der Waals surface area contributed by atoms with E-state index in [4.69, 9.17) is 9.84 Å². The van der Waals surface area contributed by atoms with Crippen molar-refractivity contribution in [3.63, 3.8) is 0 Å². The van der Waals surface area contributed by atoms with Crippen LogP contribution in [0.25, 0.3) is 0 Å². The summed E-state index contributed by atoms with van der Waals surface area (Å²) in [6.45, 7) is 3.54. The smallest absolute Gasteiger partial charge is 0.412 e. The van der Waals surface area contributed by atoms with Crippen LogP contribution < -0.4 is 5.32 Å². The molecule has 0 fully saturated rings. The zero-order valence-corrected chi connectivity index (χ0v) is 14.8. The van der Waals surface area contributed by atoms with Crippen LogP contribution in [0.2, 0.25) is 0 Å². The van der Waals surface area contributed by atoms with E-state index < -0.39 is 35.7 Å². The van der Waals surface area contributed by atoms with Crippen molar-refractivity contribution in [2.45, 2.75) is 20.0 Å². The fraction of sp³-hybridized carbons (Fsp3) is 0.200. The first kappa shape index (κ1) is 20.0. The van der Waals surface area contributed by atoms with Crippen molar-refractivity contribution >= 4 is 17.7 Å². The van der Waals surface area contributed by atoms with Crippen LogP contribution in [0.5, 0.6) is 5.75 Å². The highest BCUT2D eigenvalue weighted by Crippen LogP contribution is 2.30. The number of carboxylic acid groups (broad SMARTS) is 1. The highest BCUT2D eigenvalue weighted by Gasteiger charge is 2.23. The zero-order chi connectivity index (χ0) is 20.0. The summed E-state index contributed by atoms with van der Waals surface area (Å²) in [5.74, 6) is -3.11. The number of carbonyl (C=O) groups excluding carboxylic acids is 1. The number of carboxylic acids is 1. The van der Waals surface area contributed by atoms with Gasteiger partial charge >= 0.3 is 12.1 Å². The Bertz CT molecular complexity index is 848. The van der Waals surface area contributed by atoms with E-state index in [-0.39, 0.29) is 5.56 Å². The molecule has 0 aliphatic heterocycles. The Labute approximate surface area is 155 Å². The van der Waals surface area contributed by atoms with Gasteiger partial charge in [0.15, 0.2) is 11.6 Å². The van der Waals surface area contributed by atoms with E-state index in [1.807, 2.05) is 19.1 Å². The number of aryl methyl sites for hydroxylation is 1. The number of anilines is 1. The van der Waals surface area contributed by atoms with Crippen molar-refractivity contribution in [1.82, 2.24) is 0 Å². The summed E-state index contributed by atoms with van der Waals surface area (Å²) in [6, 6.07) is 10.7. The number of ether oxygens (including phenoxy) is 1. The van der Waals surface area contributed by atoms with E-state index >= 15 is 0 Å². The number of aliphatic carboxylic acids is 1. The fourth-order valence-electron chi connectivity index (χ4n) is 2.41. The van der Waals surface area contributed by atoms with Gasteiger partial charge in [-0.05, 0) is 36.8 Å². The number of phenolic OH excluding ortho intramolecular Hbond substituents is 1. The van der Waals surface area contributed by atoms with Crippen molar-refractivity contribution in [3.8, 4) is 5.75 Å². The fourth-order valence-corrected chi connectivity index (χ4v) is 2.41. The quantitative estimate of drug-likeness (QED) is 0.652. The largest absolute Gasteiger partial charge is 0.505 e. The number of carbonyl (C=O) groups is 2. The molecule has 0 radical (unpaired) electrons. The number of benzene rings is 2. The van der Waals surface area contributed by atoms with Gasteiger partial charge in [-0.15, -0.1) is 0 Å². The van der Waals surface area contributed by atoms with Gasteiger partial charge in [0.25, 0.3) is 0 Å². The normalized spacial score (nSPS) is 13.1. The van der Waals surface area contributed by atoms with Gasteiger partial charge in [-0.2, -0.15) is 0 Å². The highest BCUT2D eigenvalue weighted by atomic mass is 19.1. The minimum atomic E-state index is -1.15. The lowest BCUT2D eigenvalue weighted by Gasteiger charge is -2.23. The van der Waals surface area contributed by atoms with Gasteiger partial charge in [0, 0.05) is 17.7 Å². The molecule has 0 spiro atoms. The monoisotopic (exact) mass is 373 g/mol. The van der Waals surface area contributed by atoms with Crippen molar-refractivity contribution in [3.05, 3.63) is 71.6 Å². The van der Waals surface area contributed by atoms with Gasteiger partial charge in [0.1, 0.15) is 6.10 Å². The van der Waals surface area contributed by atoms with E-state index in [0.717, 1.165) is 23.8 Å². The predicted octanol–water partition coefficient (Wildman–Crippen LogP) is 4.41. The van der Waals surface area contributed by atoms with Crippen LogP contribution in [-0.4, -0.2) is 22.3 Å². The average Bonchev–Trinajstić information content (AvgIpc) is 2.62. The molecule has 0 aliphatic rings. The SMILES string of the molecule is Cc1ccc(NC(=O)O[C@@H](c2ccc(O)c(F)c2)[C@H](C)/C=C/C(=O)O)cc1. The van der Waals surface area contributed by atoms with Gasteiger partial charge < -0.3 is 14.9 Å². The number of hydrogen-bond acceptors (Lipinski definition) is 4. The molecule has 0 bridgehead atoms. The zero-order valence-electron chi connectivity index (χ0n) is 14.8. The van der Waals surface area contributed by atoms with Crippen LogP contribution in [0, 0.1) is 18.7 Å². The summed E-state index contributed by atoms with van der Waals surface area (Å²) >= 11 is 0. The number of nitrogens with one attached hydrogen (secondary N) is 1. The lowest BCUT2D eigenvalue weighted by Crippen LogP contribution is -2.21. The molecule has 3 N–H and O–H groups in total. The number of phenols is 1. The summed E-state index contributed by atoms with van der Waals surface area (Å²) in [6.07, 6.45) is 0.543. The number of halogens is 1. The highest BCUT2D eigenvalue weighted by molar-refractivity contribution is 5.84. The van der Waals surface area contributed by atoms with Crippen LogP contribution in [0.4, 0.5) is 14.9 Å². The molecule has 0 unspecified atom stereocenters. The Morgan fingerprint density at radius 1 is 1.19 bits per heavy atom. The third kappa shape index (κ3) is 5.85. The Balaban J connectivity index is 2.22. The second kappa shape index (κ2) is 8.84. The number of hydrogen-bond donors (Lipinski definition) is 3. The van der Waals surface area contributed by atoms with E-state index in [1.54, 1.807) is 19.1 Å². The first-order valence-corrected chi connectivity index (χ1v) is 8.20. The molecule has 0 heterocycles. The molecule has 7 heteroatoms. The Morgan fingerprint density at radius 3 is 2.44 bits per heavy atom. The minimum Gasteiger partial charge on any atom is -0.505 e. The second-order valence-corrected chi connectivity index (χ2v) is 6.08. The van der Waals surface area contributed by atoms with Crippen LogP contribution in [0.3, 0.4) is 0 Å². The maximum atomic E-state index is 13.7. The molecule has 0 aliphatic carbocycles. The molecule has 2 rings (SSSR count). The van der Waals surface area contributed by atoms with Crippen molar-refractivity contribution in [2.75, 3.05) is 5.32 Å². The number of aromatic hydroxyl groups is 1. The van der Waals surface area contributed by atoms with Crippen molar-refractivity contribution in [2.24, 2.45) is 5.92 Å². The Hall–Kier alpha value is -3.35. The van der Waals surface area contributed by atoms with Crippen LogP contribution in [0.1, 0.15) is 24.2 Å². The van der Waals surface area contributed by atoms with Crippen LogP contribution in [-0.2, 0) is 9.53 Å². The molecule has 2 aromatic rings. The molecule has 27 heavy (non-hydrogen) atoms. The predicted molar refractivity (Wildman–Crippen MR) is 98.0 cm³/mol. The minimum absolute atomic E-state index is 0.284. The van der Waals surface area contributed by atoms with Gasteiger partial charge in [0.2, 0.25) is 0 Å². The molecule has 6 nitrogen and oxygen atoms in total. The van der Waals surface area contributed by atoms with Gasteiger partial charge in [-0.25, -0.2) is 14.0 Å². The van der Waals surface area contributed by atoms with Crippen molar-refractivity contribution < 1.29 is 28.9 Å². The lowest BCUT2D eigenvalue weighted by atomic mass is 9.96. The van der Waals surface area contributed by atoms with E-state index in [0.29, 0.717) is 5.69 Å². The van der Waals surface area contributed by atoms with Crippen molar-refractivity contribution in [1.29, 1.82) is 0 Å². The van der Waals surface area contributed by atoms with E-state index in [9.17, 15) is 19.1 Å². The van der Waals surface area contributed by atoms with E-state index in [1.165, 1.54) is 12.1 Å².